The zero-order chi connectivity index (χ0) is 20.3. The molecule has 2 aromatic carbocycles. The molecule has 0 spiro atoms. The number of carbonyl (C=O) groups is 2. The number of amides is 2. The van der Waals surface area contributed by atoms with E-state index in [2.05, 4.69) is 31.3 Å². The van der Waals surface area contributed by atoms with Gasteiger partial charge in [0.05, 0.1) is 0 Å². The molecule has 1 aliphatic rings. The summed E-state index contributed by atoms with van der Waals surface area (Å²) in [6.07, 6.45) is 1.40. The SMILES string of the molecule is Cc1ccc(C(=O)N2CCC(C(=O)Nc3ccc(C(C)C)cc3)CC2)cc1C. The van der Waals surface area contributed by atoms with Gasteiger partial charge in [0.2, 0.25) is 5.91 Å². The van der Waals surface area contributed by atoms with Crippen molar-refractivity contribution in [1.29, 1.82) is 0 Å². The fourth-order valence-electron chi connectivity index (χ4n) is 3.60. The van der Waals surface area contributed by atoms with Gasteiger partial charge in [0.15, 0.2) is 0 Å². The van der Waals surface area contributed by atoms with Crippen molar-refractivity contribution in [1.82, 2.24) is 4.90 Å². The summed E-state index contributed by atoms with van der Waals surface area (Å²) in [5, 5.41) is 3.02. The van der Waals surface area contributed by atoms with E-state index >= 15 is 0 Å². The molecule has 1 fully saturated rings. The lowest BCUT2D eigenvalue weighted by atomic mass is 9.95. The number of aryl methyl sites for hydroxylation is 2. The first kappa shape index (κ1) is 20.1. The Morgan fingerprint density at radius 3 is 2.18 bits per heavy atom. The van der Waals surface area contributed by atoms with Crippen LogP contribution < -0.4 is 5.32 Å². The molecule has 0 bridgehead atoms. The number of hydrogen-bond acceptors (Lipinski definition) is 2. The van der Waals surface area contributed by atoms with Crippen molar-refractivity contribution in [3.63, 3.8) is 0 Å². The first-order valence-corrected chi connectivity index (χ1v) is 10.1. The van der Waals surface area contributed by atoms with Gasteiger partial charge in [0, 0.05) is 30.3 Å². The molecule has 0 aliphatic carbocycles. The third kappa shape index (κ3) is 4.61. The summed E-state index contributed by atoms with van der Waals surface area (Å²) < 4.78 is 0. The van der Waals surface area contributed by atoms with E-state index in [1.807, 2.05) is 49.1 Å². The third-order valence-corrected chi connectivity index (χ3v) is 5.75. The Morgan fingerprint density at radius 1 is 0.964 bits per heavy atom. The van der Waals surface area contributed by atoms with E-state index in [0.717, 1.165) is 16.8 Å². The van der Waals surface area contributed by atoms with Gasteiger partial charge in [-0.15, -0.1) is 0 Å². The second-order valence-corrected chi connectivity index (χ2v) is 8.13. The van der Waals surface area contributed by atoms with E-state index in [9.17, 15) is 9.59 Å². The fraction of sp³-hybridized carbons (Fsp3) is 0.417. The van der Waals surface area contributed by atoms with E-state index in [4.69, 9.17) is 0 Å². The lowest BCUT2D eigenvalue weighted by Crippen LogP contribution is -2.41. The molecule has 4 heteroatoms. The van der Waals surface area contributed by atoms with Crippen LogP contribution in [0.15, 0.2) is 42.5 Å². The van der Waals surface area contributed by atoms with Crippen LogP contribution in [-0.2, 0) is 4.79 Å². The molecule has 1 aliphatic heterocycles. The molecule has 0 aromatic heterocycles. The Morgan fingerprint density at radius 2 is 1.61 bits per heavy atom. The Balaban J connectivity index is 1.54. The van der Waals surface area contributed by atoms with Gasteiger partial charge in [-0.1, -0.05) is 32.0 Å². The maximum absolute atomic E-state index is 12.7. The highest BCUT2D eigenvalue weighted by Gasteiger charge is 2.28. The number of anilines is 1. The van der Waals surface area contributed by atoms with Crippen LogP contribution in [-0.4, -0.2) is 29.8 Å². The highest BCUT2D eigenvalue weighted by molar-refractivity contribution is 5.95. The molecule has 3 rings (SSSR count). The van der Waals surface area contributed by atoms with Crippen molar-refractivity contribution in [2.24, 2.45) is 5.92 Å². The summed E-state index contributed by atoms with van der Waals surface area (Å²) in [6.45, 7) is 9.62. The van der Waals surface area contributed by atoms with Gasteiger partial charge in [0.25, 0.3) is 5.91 Å². The molecular formula is C24H30N2O2. The Bertz CT molecular complexity index is 847. The molecule has 2 aromatic rings. The molecular weight excluding hydrogens is 348 g/mol. The van der Waals surface area contributed by atoms with Crippen molar-refractivity contribution in [3.05, 3.63) is 64.7 Å². The Labute approximate surface area is 167 Å². The minimum Gasteiger partial charge on any atom is -0.339 e. The third-order valence-electron chi connectivity index (χ3n) is 5.75. The summed E-state index contributed by atoms with van der Waals surface area (Å²) in [5.41, 5.74) is 5.15. The first-order chi connectivity index (χ1) is 13.3. The predicted molar refractivity (Wildman–Crippen MR) is 114 cm³/mol. The van der Waals surface area contributed by atoms with Crippen LogP contribution in [0, 0.1) is 19.8 Å². The number of nitrogens with zero attached hydrogens (tertiary/aromatic N) is 1. The minimum atomic E-state index is -0.0476. The van der Waals surface area contributed by atoms with Crippen LogP contribution in [0.2, 0.25) is 0 Å². The predicted octanol–water partition coefficient (Wildman–Crippen LogP) is 4.92. The lowest BCUT2D eigenvalue weighted by Gasteiger charge is -2.31. The summed E-state index contributed by atoms with van der Waals surface area (Å²) in [6, 6.07) is 13.9. The normalized spacial score (nSPS) is 15.0. The van der Waals surface area contributed by atoms with Crippen molar-refractivity contribution in [3.8, 4) is 0 Å². The number of nitrogens with one attached hydrogen (secondary N) is 1. The lowest BCUT2D eigenvalue weighted by molar-refractivity contribution is -0.121. The largest absolute Gasteiger partial charge is 0.339 e. The zero-order valence-electron chi connectivity index (χ0n) is 17.3. The highest BCUT2D eigenvalue weighted by atomic mass is 16.2. The van der Waals surface area contributed by atoms with Crippen molar-refractivity contribution in [2.75, 3.05) is 18.4 Å². The van der Waals surface area contributed by atoms with Gasteiger partial charge in [-0.05, 0) is 73.6 Å². The maximum atomic E-state index is 12.7. The second kappa shape index (κ2) is 8.59. The molecule has 1 N–H and O–H groups in total. The Kier molecular flexibility index (Phi) is 6.18. The summed E-state index contributed by atoms with van der Waals surface area (Å²) in [7, 11) is 0. The zero-order valence-corrected chi connectivity index (χ0v) is 17.3. The molecule has 1 saturated heterocycles. The van der Waals surface area contributed by atoms with Crippen molar-refractivity contribution < 1.29 is 9.59 Å². The number of hydrogen-bond donors (Lipinski definition) is 1. The Hall–Kier alpha value is -2.62. The highest BCUT2D eigenvalue weighted by Crippen LogP contribution is 2.23. The van der Waals surface area contributed by atoms with E-state index in [1.165, 1.54) is 11.1 Å². The van der Waals surface area contributed by atoms with Crippen LogP contribution in [0.3, 0.4) is 0 Å². The number of carbonyl (C=O) groups excluding carboxylic acids is 2. The van der Waals surface area contributed by atoms with Crippen LogP contribution in [0.4, 0.5) is 5.69 Å². The standard InChI is InChI=1S/C24H30N2O2/c1-16(2)19-7-9-22(10-8-19)25-23(27)20-11-13-26(14-12-20)24(28)21-6-5-17(3)18(4)15-21/h5-10,15-16,20H,11-14H2,1-4H3,(H,25,27). The molecule has 4 nitrogen and oxygen atoms in total. The number of rotatable bonds is 4. The minimum absolute atomic E-state index is 0.0476. The number of piperidine rings is 1. The van der Waals surface area contributed by atoms with E-state index < -0.39 is 0 Å². The molecule has 1 heterocycles. The van der Waals surface area contributed by atoms with Gasteiger partial charge in [-0.25, -0.2) is 0 Å². The van der Waals surface area contributed by atoms with Crippen LogP contribution in [0.25, 0.3) is 0 Å². The molecule has 148 valence electrons. The van der Waals surface area contributed by atoms with E-state index in [-0.39, 0.29) is 17.7 Å². The average Bonchev–Trinajstić information content (AvgIpc) is 2.70. The monoisotopic (exact) mass is 378 g/mol. The second-order valence-electron chi connectivity index (χ2n) is 8.13. The molecule has 0 radical (unpaired) electrons. The van der Waals surface area contributed by atoms with E-state index in [0.29, 0.717) is 31.8 Å². The van der Waals surface area contributed by atoms with Crippen LogP contribution >= 0.6 is 0 Å². The summed E-state index contributed by atoms with van der Waals surface area (Å²) in [4.78, 5) is 27.2. The summed E-state index contributed by atoms with van der Waals surface area (Å²) >= 11 is 0. The van der Waals surface area contributed by atoms with Gasteiger partial charge >= 0.3 is 0 Å². The van der Waals surface area contributed by atoms with Crippen molar-refractivity contribution in [2.45, 2.75) is 46.5 Å². The molecule has 0 unspecified atom stereocenters. The molecule has 2 amide bonds. The van der Waals surface area contributed by atoms with E-state index in [1.54, 1.807) is 0 Å². The first-order valence-electron chi connectivity index (χ1n) is 10.1. The quantitative estimate of drug-likeness (QED) is 0.821. The fourth-order valence-corrected chi connectivity index (χ4v) is 3.60. The molecule has 0 saturated carbocycles. The average molecular weight is 379 g/mol. The van der Waals surface area contributed by atoms with Crippen LogP contribution in [0.1, 0.15) is 59.7 Å². The maximum Gasteiger partial charge on any atom is 0.253 e. The number of likely N-dealkylation sites (tertiary alicyclic amines) is 1. The van der Waals surface area contributed by atoms with Gasteiger partial charge in [-0.2, -0.15) is 0 Å². The van der Waals surface area contributed by atoms with Crippen molar-refractivity contribution >= 4 is 17.5 Å². The van der Waals surface area contributed by atoms with Gasteiger partial charge in [-0.3, -0.25) is 9.59 Å². The molecule has 28 heavy (non-hydrogen) atoms. The molecule has 0 atom stereocenters. The topological polar surface area (TPSA) is 49.4 Å². The number of benzene rings is 2. The van der Waals surface area contributed by atoms with Gasteiger partial charge < -0.3 is 10.2 Å². The van der Waals surface area contributed by atoms with Crippen LogP contribution in [0.5, 0.6) is 0 Å². The summed E-state index contributed by atoms with van der Waals surface area (Å²) in [5.74, 6) is 0.541. The smallest absolute Gasteiger partial charge is 0.253 e. The van der Waals surface area contributed by atoms with Gasteiger partial charge in [0.1, 0.15) is 0 Å².